The lowest BCUT2D eigenvalue weighted by atomic mass is 10.0. The number of hydrogen-bond acceptors (Lipinski definition) is 2. The number of ether oxygens (including phenoxy) is 1. The van der Waals surface area contributed by atoms with Crippen molar-refractivity contribution >= 4 is 29.0 Å². The van der Waals surface area contributed by atoms with Crippen LogP contribution in [0.15, 0.2) is 18.2 Å². The molecule has 0 saturated carbocycles. The number of halogens is 2. The maximum absolute atomic E-state index is 12.0. The lowest BCUT2D eigenvalue weighted by Gasteiger charge is -2.09. The van der Waals surface area contributed by atoms with Crippen molar-refractivity contribution < 1.29 is 9.53 Å². The summed E-state index contributed by atoms with van der Waals surface area (Å²) in [5, 5.41) is 0.757. The van der Waals surface area contributed by atoms with Gasteiger partial charge in [0, 0.05) is 18.6 Å². The maximum atomic E-state index is 12.0. The highest BCUT2D eigenvalue weighted by atomic mass is 35.5. The summed E-state index contributed by atoms with van der Waals surface area (Å²) in [4.78, 5) is 12.0. The van der Waals surface area contributed by atoms with Crippen molar-refractivity contribution in [2.75, 3.05) is 6.61 Å². The monoisotopic (exact) mass is 258 g/mol. The molecule has 0 bridgehead atoms. The Morgan fingerprint density at radius 3 is 2.94 bits per heavy atom. The Balaban J connectivity index is 2.11. The van der Waals surface area contributed by atoms with Gasteiger partial charge in [-0.1, -0.05) is 29.3 Å². The Morgan fingerprint density at radius 1 is 1.44 bits per heavy atom. The first kappa shape index (κ1) is 11.9. The van der Waals surface area contributed by atoms with E-state index >= 15 is 0 Å². The van der Waals surface area contributed by atoms with Crippen LogP contribution >= 0.6 is 23.2 Å². The van der Waals surface area contributed by atoms with Gasteiger partial charge >= 0.3 is 0 Å². The molecule has 1 unspecified atom stereocenters. The third-order valence-electron chi connectivity index (χ3n) is 2.69. The summed E-state index contributed by atoms with van der Waals surface area (Å²) in [6, 6.07) is 5.11. The zero-order chi connectivity index (χ0) is 11.5. The fraction of sp³-hybridized carbons (Fsp3) is 0.417. The van der Waals surface area contributed by atoms with Crippen LogP contribution in [-0.2, 0) is 4.74 Å². The van der Waals surface area contributed by atoms with Crippen LogP contribution in [0.1, 0.15) is 29.6 Å². The standard InChI is InChI=1S/C12H12Cl2O2/c13-10-5-1-4-9(12(10)14)11(15)7-8-3-2-6-16-8/h1,4-5,8H,2-3,6-7H2. The molecule has 1 aliphatic rings. The third kappa shape index (κ3) is 2.57. The minimum Gasteiger partial charge on any atom is -0.378 e. The van der Waals surface area contributed by atoms with E-state index in [0.29, 0.717) is 22.0 Å². The second kappa shape index (κ2) is 5.17. The van der Waals surface area contributed by atoms with E-state index in [0.717, 1.165) is 19.4 Å². The first-order chi connectivity index (χ1) is 7.68. The van der Waals surface area contributed by atoms with Crippen LogP contribution in [0.2, 0.25) is 10.0 Å². The predicted octanol–water partition coefficient (Wildman–Crippen LogP) is 3.75. The van der Waals surface area contributed by atoms with Crippen LogP contribution in [0, 0.1) is 0 Å². The molecule has 2 nitrogen and oxygen atoms in total. The molecule has 1 aromatic carbocycles. The number of benzene rings is 1. The summed E-state index contributed by atoms with van der Waals surface area (Å²) in [5.74, 6) is -0.000556. The highest BCUT2D eigenvalue weighted by Gasteiger charge is 2.21. The summed E-state index contributed by atoms with van der Waals surface area (Å²) < 4.78 is 5.42. The minimum atomic E-state index is -0.000556. The van der Waals surface area contributed by atoms with Gasteiger partial charge in [-0.05, 0) is 25.0 Å². The number of ketones is 1. The molecular weight excluding hydrogens is 247 g/mol. The van der Waals surface area contributed by atoms with E-state index in [1.807, 2.05) is 0 Å². The number of carbonyl (C=O) groups excluding carboxylic acids is 1. The van der Waals surface area contributed by atoms with Crippen LogP contribution in [0.5, 0.6) is 0 Å². The van der Waals surface area contributed by atoms with E-state index in [9.17, 15) is 4.79 Å². The number of carbonyl (C=O) groups is 1. The second-order valence-corrected chi connectivity index (χ2v) is 4.65. The molecule has 4 heteroatoms. The van der Waals surface area contributed by atoms with Crippen molar-refractivity contribution in [2.24, 2.45) is 0 Å². The van der Waals surface area contributed by atoms with Gasteiger partial charge in [-0.2, -0.15) is 0 Å². The molecule has 86 valence electrons. The largest absolute Gasteiger partial charge is 0.378 e. The van der Waals surface area contributed by atoms with Crippen LogP contribution in [-0.4, -0.2) is 18.5 Å². The van der Waals surface area contributed by atoms with Crippen LogP contribution in [0.25, 0.3) is 0 Å². The summed E-state index contributed by atoms with van der Waals surface area (Å²) in [6.07, 6.45) is 2.41. The van der Waals surface area contributed by atoms with Crippen molar-refractivity contribution in [3.05, 3.63) is 33.8 Å². The van der Waals surface area contributed by atoms with E-state index in [2.05, 4.69) is 0 Å². The Hall–Kier alpha value is -0.570. The van der Waals surface area contributed by atoms with Crippen molar-refractivity contribution in [3.8, 4) is 0 Å². The van der Waals surface area contributed by atoms with Gasteiger partial charge < -0.3 is 4.74 Å². The molecule has 0 amide bonds. The average molecular weight is 259 g/mol. The van der Waals surface area contributed by atoms with Crippen LogP contribution < -0.4 is 0 Å². The van der Waals surface area contributed by atoms with Gasteiger partial charge in [0.15, 0.2) is 5.78 Å². The van der Waals surface area contributed by atoms with Crippen molar-refractivity contribution in [1.29, 1.82) is 0 Å². The molecule has 1 saturated heterocycles. The molecule has 1 fully saturated rings. The summed E-state index contributed by atoms with van der Waals surface area (Å²) in [7, 11) is 0. The third-order valence-corrected chi connectivity index (χ3v) is 3.51. The van der Waals surface area contributed by atoms with E-state index in [-0.39, 0.29) is 11.9 Å². The van der Waals surface area contributed by atoms with Gasteiger partial charge in [0.1, 0.15) is 0 Å². The molecule has 1 aromatic rings. The fourth-order valence-corrected chi connectivity index (χ4v) is 2.25. The molecule has 0 aromatic heterocycles. The zero-order valence-corrected chi connectivity index (χ0v) is 10.2. The van der Waals surface area contributed by atoms with Gasteiger partial charge in [-0.3, -0.25) is 4.79 Å². The summed E-state index contributed by atoms with van der Waals surface area (Å²) in [5.41, 5.74) is 0.490. The van der Waals surface area contributed by atoms with E-state index in [1.165, 1.54) is 0 Å². The SMILES string of the molecule is O=C(CC1CCCO1)c1cccc(Cl)c1Cl. The number of rotatable bonds is 3. The molecule has 1 atom stereocenters. The molecule has 0 N–H and O–H groups in total. The van der Waals surface area contributed by atoms with E-state index in [1.54, 1.807) is 18.2 Å². The molecule has 0 spiro atoms. The smallest absolute Gasteiger partial charge is 0.167 e. The van der Waals surface area contributed by atoms with Crippen molar-refractivity contribution in [3.63, 3.8) is 0 Å². The first-order valence-corrected chi connectivity index (χ1v) is 6.03. The quantitative estimate of drug-likeness (QED) is 0.773. The van der Waals surface area contributed by atoms with Gasteiger partial charge in [0.2, 0.25) is 0 Å². The van der Waals surface area contributed by atoms with E-state index in [4.69, 9.17) is 27.9 Å². The Kier molecular flexibility index (Phi) is 3.85. The highest BCUT2D eigenvalue weighted by molar-refractivity contribution is 6.43. The Bertz CT molecular complexity index is 398. The predicted molar refractivity (Wildman–Crippen MR) is 64.4 cm³/mol. The lowest BCUT2D eigenvalue weighted by Crippen LogP contribution is -2.13. The first-order valence-electron chi connectivity index (χ1n) is 5.27. The fourth-order valence-electron chi connectivity index (χ4n) is 1.84. The van der Waals surface area contributed by atoms with Crippen LogP contribution in [0.4, 0.5) is 0 Å². The van der Waals surface area contributed by atoms with Gasteiger partial charge in [-0.25, -0.2) is 0 Å². The normalized spacial score (nSPS) is 20.0. The van der Waals surface area contributed by atoms with Crippen molar-refractivity contribution in [1.82, 2.24) is 0 Å². The lowest BCUT2D eigenvalue weighted by molar-refractivity contribution is 0.0776. The molecular formula is C12H12Cl2O2. The maximum Gasteiger partial charge on any atom is 0.167 e. The molecule has 1 heterocycles. The zero-order valence-electron chi connectivity index (χ0n) is 8.71. The molecule has 2 rings (SSSR count). The molecule has 1 aliphatic heterocycles. The van der Waals surface area contributed by atoms with Gasteiger partial charge in [-0.15, -0.1) is 0 Å². The molecule has 0 radical (unpaired) electrons. The van der Waals surface area contributed by atoms with Gasteiger partial charge in [0.25, 0.3) is 0 Å². The average Bonchev–Trinajstić information content (AvgIpc) is 2.74. The molecule has 0 aliphatic carbocycles. The number of hydrogen-bond donors (Lipinski definition) is 0. The Labute approximate surface area is 104 Å². The second-order valence-electron chi connectivity index (χ2n) is 3.86. The van der Waals surface area contributed by atoms with Crippen molar-refractivity contribution in [2.45, 2.75) is 25.4 Å². The summed E-state index contributed by atoms with van der Waals surface area (Å²) in [6.45, 7) is 0.751. The van der Waals surface area contributed by atoms with Crippen LogP contribution in [0.3, 0.4) is 0 Å². The highest BCUT2D eigenvalue weighted by Crippen LogP contribution is 2.27. The molecule has 16 heavy (non-hydrogen) atoms. The van der Waals surface area contributed by atoms with Gasteiger partial charge in [0.05, 0.1) is 16.1 Å². The van der Waals surface area contributed by atoms with E-state index < -0.39 is 0 Å². The number of Topliss-reactive ketones (excluding diaryl/α,β-unsaturated/α-hetero) is 1. The summed E-state index contributed by atoms with van der Waals surface area (Å²) >= 11 is 11.8. The Morgan fingerprint density at radius 2 is 2.25 bits per heavy atom. The minimum absolute atomic E-state index is 0.000556. The topological polar surface area (TPSA) is 26.3 Å².